The molecule has 6 N–H and O–H groups in total. The van der Waals surface area contributed by atoms with Crippen molar-refractivity contribution in [1.29, 1.82) is 0 Å². The smallest absolute Gasteiger partial charge is 0.305 e. The molecule has 1 heterocycles. The van der Waals surface area contributed by atoms with Gasteiger partial charge in [0.2, 0.25) is 12.1 Å². The molecule has 54 heavy (non-hydrogen) atoms. The van der Waals surface area contributed by atoms with E-state index in [4.69, 9.17) is 28.4 Å². The molecule has 3 aliphatic rings. The topological polar surface area (TPSA) is 254 Å². The highest BCUT2D eigenvalue weighted by atomic mass is 16.7. The maximum Gasteiger partial charge on any atom is 0.305 e. The quantitative estimate of drug-likeness (QED) is 0.0544. The number of phenols is 2. The Kier molecular flexibility index (Phi) is 12.7. The van der Waals surface area contributed by atoms with Gasteiger partial charge < -0.3 is 59.3 Å². The van der Waals surface area contributed by atoms with Crippen molar-refractivity contribution in [1.82, 2.24) is 5.32 Å². The van der Waals surface area contributed by atoms with Gasteiger partial charge in [-0.15, -0.1) is 0 Å². The predicted molar refractivity (Wildman–Crippen MR) is 183 cm³/mol. The minimum atomic E-state index is -2.30. The number of rotatable bonds is 15. The second kappa shape index (κ2) is 16.9. The fraction of sp³-hybridized carbons (Fsp3) is 0.541. The number of hydrogen-bond acceptors (Lipinski definition) is 17. The van der Waals surface area contributed by atoms with Gasteiger partial charge in [-0.3, -0.25) is 24.0 Å². The highest BCUT2D eigenvalue weighted by Gasteiger charge is 2.50. The first kappa shape index (κ1) is 40.7. The van der Waals surface area contributed by atoms with Crippen LogP contribution in [-0.4, -0.2) is 125 Å². The van der Waals surface area contributed by atoms with Gasteiger partial charge in [-0.2, -0.15) is 0 Å². The lowest BCUT2D eigenvalue weighted by atomic mass is 9.72. The Balaban J connectivity index is 1.33. The number of carbonyl (C=O) groups excluding carboxylic acids is 5. The van der Waals surface area contributed by atoms with Gasteiger partial charge in [0.1, 0.15) is 29.5 Å². The van der Waals surface area contributed by atoms with Crippen molar-refractivity contribution in [3.63, 3.8) is 0 Å². The summed E-state index contributed by atoms with van der Waals surface area (Å²) in [6.07, 6.45) is -5.83. The van der Waals surface area contributed by atoms with Crippen LogP contribution >= 0.6 is 0 Å². The summed E-state index contributed by atoms with van der Waals surface area (Å²) in [6, 6.07) is 3.74. The summed E-state index contributed by atoms with van der Waals surface area (Å²) in [4.78, 5) is 63.0. The molecular weight excluding hydrogens is 714 g/mol. The summed E-state index contributed by atoms with van der Waals surface area (Å²) < 4.78 is 33.0. The Labute approximate surface area is 310 Å². The Morgan fingerprint density at radius 2 is 1.70 bits per heavy atom. The number of aliphatic hydroxyl groups is 3. The normalized spacial score (nSPS) is 24.7. The van der Waals surface area contributed by atoms with Crippen LogP contribution in [0.4, 0.5) is 0 Å². The van der Waals surface area contributed by atoms with Crippen LogP contribution in [0.5, 0.6) is 17.2 Å². The monoisotopic (exact) mass is 759 g/mol. The lowest BCUT2D eigenvalue weighted by molar-refractivity contribution is -0.249. The molecule has 6 atom stereocenters. The standard InChI is InChI=1S/C37H45NO16/c1-17-32(43)22(38-10-6-11-50-12-9-26(52-18(2)40)53-19(3)41)13-27(51-17)54-24-15-37(48,25(42)16-39)14-21-29(24)36(47)31-30(34(21)45)33(44)20-7-5-8-23(49-4)28(20)35(31)46/h5,7-8,17,22,24,26-27,32,38-39,43,45,47-48H,6,9-16H2,1-4H3/t17-,22-,24-,27-,32+,37-/m0/s1. The molecule has 0 bridgehead atoms. The van der Waals surface area contributed by atoms with Crippen LogP contribution in [0.15, 0.2) is 18.2 Å². The second-order valence-electron chi connectivity index (χ2n) is 13.5. The number of ketones is 3. The van der Waals surface area contributed by atoms with Crippen molar-refractivity contribution in [2.45, 2.75) is 95.4 Å². The molecule has 1 fully saturated rings. The van der Waals surface area contributed by atoms with Crippen molar-refractivity contribution >= 4 is 29.3 Å². The molecule has 0 radical (unpaired) electrons. The van der Waals surface area contributed by atoms with Crippen LogP contribution in [-0.2, 0) is 44.5 Å². The van der Waals surface area contributed by atoms with E-state index in [9.17, 15) is 49.5 Å². The molecule has 0 aromatic heterocycles. The molecule has 2 aromatic carbocycles. The Morgan fingerprint density at radius 3 is 2.35 bits per heavy atom. The Morgan fingerprint density at radius 1 is 1.02 bits per heavy atom. The molecular formula is C37H45NO16. The molecule has 0 spiro atoms. The third-order valence-corrected chi connectivity index (χ3v) is 9.73. The number of Topliss-reactive ketones (excluding diaryl/α,β-unsaturated/α-hetero) is 1. The minimum absolute atomic E-state index is 0.0384. The number of benzene rings is 2. The lowest BCUT2D eigenvalue weighted by Crippen LogP contribution is -2.54. The van der Waals surface area contributed by atoms with Crippen molar-refractivity contribution < 1.29 is 77.9 Å². The number of fused-ring (bicyclic) bond motifs is 3. The number of aromatic hydroxyl groups is 2. The highest BCUT2D eigenvalue weighted by Crippen LogP contribution is 2.52. The Bertz CT molecular complexity index is 1780. The van der Waals surface area contributed by atoms with Crippen LogP contribution in [0, 0.1) is 0 Å². The van der Waals surface area contributed by atoms with Crippen molar-refractivity contribution in [2.75, 3.05) is 33.5 Å². The molecule has 1 saturated heterocycles. The van der Waals surface area contributed by atoms with Gasteiger partial charge in [0.25, 0.3) is 0 Å². The van der Waals surface area contributed by atoms with Crippen molar-refractivity contribution in [3.05, 3.63) is 51.6 Å². The van der Waals surface area contributed by atoms with Crippen molar-refractivity contribution in [3.8, 4) is 17.2 Å². The third kappa shape index (κ3) is 8.27. The van der Waals surface area contributed by atoms with Gasteiger partial charge >= 0.3 is 11.9 Å². The average molecular weight is 760 g/mol. The first-order valence-corrected chi connectivity index (χ1v) is 17.5. The minimum Gasteiger partial charge on any atom is -0.507 e. The van der Waals surface area contributed by atoms with E-state index in [1.54, 1.807) is 6.92 Å². The number of methoxy groups -OCH3 is 1. The SMILES string of the molecule is COc1cccc2c1C(=O)c1c(O)c3c(c(O)c1C2=O)C[C@@](O)(C(=O)CO)C[C@@H]3O[C@H]1C[C@H](NCCCOCCC(OC(C)=O)OC(C)=O)[C@H](O)[C@H](C)O1. The average Bonchev–Trinajstić information content (AvgIpc) is 3.11. The van der Waals surface area contributed by atoms with Crippen LogP contribution in [0.2, 0.25) is 0 Å². The van der Waals surface area contributed by atoms with E-state index in [0.717, 1.165) is 0 Å². The van der Waals surface area contributed by atoms with E-state index < -0.39 is 114 Å². The van der Waals surface area contributed by atoms with Gasteiger partial charge in [0.05, 0.1) is 48.7 Å². The molecule has 294 valence electrons. The Hall–Kier alpha value is -4.49. The van der Waals surface area contributed by atoms with Gasteiger partial charge in [-0.1, -0.05) is 12.1 Å². The zero-order chi connectivity index (χ0) is 39.5. The number of carbonyl (C=O) groups is 5. The third-order valence-electron chi connectivity index (χ3n) is 9.73. The van der Waals surface area contributed by atoms with Gasteiger partial charge in [-0.05, 0) is 26.0 Å². The van der Waals surface area contributed by atoms with E-state index in [1.807, 2.05) is 0 Å². The summed E-state index contributed by atoms with van der Waals surface area (Å²) in [5, 5.41) is 58.7. The lowest BCUT2D eigenvalue weighted by Gasteiger charge is -2.43. The van der Waals surface area contributed by atoms with Crippen molar-refractivity contribution in [2.24, 2.45) is 0 Å². The number of hydrogen-bond donors (Lipinski definition) is 6. The molecule has 0 unspecified atom stereocenters. The largest absolute Gasteiger partial charge is 0.507 e. The number of phenolic OH excluding ortho intramolecular Hbond substituents is 2. The van der Waals surface area contributed by atoms with E-state index in [2.05, 4.69) is 5.32 Å². The maximum atomic E-state index is 13.9. The number of esters is 2. The van der Waals surface area contributed by atoms with Gasteiger partial charge in [0.15, 0.2) is 17.9 Å². The van der Waals surface area contributed by atoms with Crippen LogP contribution in [0.1, 0.15) is 95.5 Å². The molecule has 0 amide bonds. The molecule has 17 heteroatoms. The summed E-state index contributed by atoms with van der Waals surface area (Å²) in [7, 11) is 1.31. The van der Waals surface area contributed by atoms with Crippen LogP contribution in [0.25, 0.3) is 0 Å². The first-order valence-electron chi connectivity index (χ1n) is 17.5. The van der Waals surface area contributed by atoms with Gasteiger partial charge in [0, 0.05) is 68.9 Å². The van der Waals surface area contributed by atoms with E-state index >= 15 is 0 Å². The molecule has 2 aromatic rings. The molecule has 5 rings (SSSR count). The van der Waals surface area contributed by atoms with E-state index in [0.29, 0.717) is 13.0 Å². The zero-order valence-electron chi connectivity index (χ0n) is 30.3. The zero-order valence-corrected chi connectivity index (χ0v) is 30.3. The molecule has 0 saturated carbocycles. The van der Waals surface area contributed by atoms with Crippen LogP contribution < -0.4 is 10.1 Å². The molecule has 1 aliphatic heterocycles. The molecule has 2 aliphatic carbocycles. The summed E-state index contributed by atoms with van der Waals surface area (Å²) in [6.45, 7) is 3.72. The number of ether oxygens (including phenoxy) is 6. The maximum absolute atomic E-state index is 13.9. The first-order chi connectivity index (χ1) is 25.6. The van der Waals surface area contributed by atoms with E-state index in [-0.39, 0.29) is 54.1 Å². The molecule has 17 nitrogen and oxygen atoms in total. The van der Waals surface area contributed by atoms with Gasteiger partial charge in [-0.25, -0.2) is 0 Å². The summed E-state index contributed by atoms with van der Waals surface area (Å²) >= 11 is 0. The second-order valence-corrected chi connectivity index (χ2v) is 13.5. The summed E-state index contributed by atoms with van der Waals surface area (Å²) in [5.41, 5.74) is -3.86. The fourth-order valence-electron chi connectivity index (χ4n) is 7.17. The predicted octanol–water partition coefficient (Wildman–Crippen LogP) is 0.881. The number of aliphatic hydroxyl groups excluding tert-OH is 2. The van der Waals surface area contributed by atoms with Crippen LogP contribution in [0.3, 0.4) is 0 Å². The number of nitrogens with one attached hydrogen (secondary N) is 1. The van der Waals surface area contributed by atoms with E-state index in [1.165, 1.54) is 39.2 Å². The fourth-order valence-corrected chi connectivity index (χ4v) is 7.17. The highest BCUT2D eigenvalue weighted by molar-refractivity contribution is 6.31. The summed E-state index contributed by atoms with van der Waals surface area (Å²) in [5.74, 6) is -5.15.